The van der Waals surface area contributed by atoms with Crippen molar-refractivity contribution in [1.82, 2.24) is 0 Å². The van der Waals surface area contributed by atoms with Crippen LogP contribution in [0.1, 0.15) is 6.42 Å². The van der Waals surface area contributed by atoms with Crippen molar-refractivity contribution in [3.05, 3.63) is 0 Å². The molecule has 0 saturated carbocycles. The fourth-order valence-corrected chi connectivity index (χ4v) is 1.27. The van der Waals surface area contributed by atoms with Gasteiger partial charge >= 0.3 is 18.0 Å². The molecule has 14 heavy (non-hydrogen) atoms. The van der Waals surface area contributed by atoms with E-state index < -0.39 is 40.2 Å². The van der Waals surface area contributed by atoms with Gasteiger partial charge in [0.15, 0.2) is 9.76 Å². The van der Waals surface area contributed by atoms with Gasteiger partial charge in [-0.05, 0) is 6.04 Å². The maximum absolute atomic E-state index is 12.3. The molecule has 0 amide bonds. The van der Waals surface area contributed by atoms with Gasteiger partial charge in [-0.15, -0.1) is 0 Å². The normalized spacial score (nSPS) is 15.4. The Bertz CT molecular complexity index is 189. The molecule has 0 bridgehead atoms. The van der Waals surface area contributed by atoms with E-state index in [1.165, 1.54) is 0 Å². The van der Waals surface area contributed by atoms with Crippen molar-refractivity contribution in [2.24, 2.45) is 0 Å². The SMILES string of the molecule is O[SiH2]CCC(F)(F)C(F)(F)C(F)(F)F. The predicted molar refractivity (Wildman–Crippen MR) is 36.1 cm³/mol. The van der Waals surface area contributed by atoms with Crippen molar-refractivity contribution in [3.8, 4) is 0 Å². The van der Waals surface area contributed by atoms with Gasteiger partial charge in [-0.25, -0.2) is 0 Å². The minimum absolute atomic E-state index is 0.682. The van der Waals surface area contributed by atoms with Crippen molar-refractivity contribution < 1.29 is 35.5 Å². The first-order valence-electron chi connectivity index (χ1n) is 3.49. The van der Waals surface area contributed by atoms with Gasteiger partial charge in [0.2, 0.25) is 0 Å². The maximum Gasteiger partial charge on any atom is 0.459 e. The van der Waals surface area contributed by atoms with Crippen LogP contribution in [0.25, 0.3) is 0 Å². The summed E-state index contributed by atoms with van der Waals surface area (Å²) in [7, 11) is -1.95. The molecule has 0 aliphatic rings. The number of rotatable bonds is 4. The molecule has 0 aliphatic heterocycles. The van der Waals surface area contributed by atoms with Crippen LogP contribution in [0.2, 0.25) is 6.04 Å². The molecule has 1 N–H and O–H groups in total. The van der Waals surface area contributed by atoms with Crippen molar-refractivity contribution in [2.75, 3.05) is 0 Å². The molecule has 86 valence electrons. The van der Waals surface area contributed by atoms with Crippen LogP contribution in [0.3, 0.4) is 0 Å². The molecule has 0 radical (unpaired) electrons. The predicted octanol–water partition coefficient (Wildman–Crippen LogP) is 1.70. The zero-order valence-corrected chi connectivity index (χ0v) is 8.13. The van der Waals surface area contributed by atoms with Crippen molar-refractivity contribution in [3.63, 3.8) is 0 Å². The van der Waals surface area contributed by atoms with E-state index in [4.69, 9.17) is 4.80 Å². The Morgan fingerprint density at radius 1 is 0.929 bits per heavy atom. The zero-order valence-electron chi connectivity index (χ0n) is 6.71. The average Bonchev–Trinajstić information content (AvgIpc) is 1.98. The van der Waals surface area contributed by atoms with Crippen LogP contribution < -0.4 is 0 Å². The molecule has 0 heterocycles. The third kappa shape index (κ3) is 2.59. The molecule has 0 aromatic carbocycles. The van der Waals surface area contributed by atoms with E-state index in [-0.39, 0.29) is 0 Å². The quantitative estimate of drug-likeness (QED) is 0.589. The molecule has 0 aromatic rings. The largest absolute Gasteiger partial charge is 0.459 e. The minimum Gasteiger partial charge on any atom is -0.438 e. The lowest BCUT2D eigenvalue weighted by atomic mass is 10.1. The molecular formula is C5H7F7OSi. The van der Waals surface area contributed by atoms with E-state index in [1.54, 1.807) is 0 Å². The first-order valence-corrected chi connectivity index (χ1v) is 5.13. The average molecular weight is 244 g/mol. The Morgan fingerprint density at radius 3 is 1.64 bits per heavy atom. The second-order valence-electron chi connectivity index (χ2n) is 2.60. The Balaban J connectivity index is 4.69. The highest BCUT2D eigenvalue weighted by Crippen LogP contribution is 2.48. The van der Waals surface area contributed by atoms with Gasteiger partial charge in [-0.2, -0.15) is 30.7 Å². The molecule has 0 aliphatic carbocycles. The number of alkyl halides is 7. The summed E-state index contributed by atoms with van der Waals surface area (Å²) in [5.41, 5.74) is 0. The van der Waals surface area contributed by atoms with Crippen LogP contribution in [0.5, 0.6) is 0 Å². The van der Waals surface area contributed by atoms with Gasteiger partial charge in [-0.3, -0.25) is 0 Å². The summed E-state index contributed by atoms with van der Waals surface area (Å²) in [4.78, 5) is 8.18. The van der Waals surface area contributed by atoms with E-state index >= 15 is 0 Å². The minimum atomic E-state index is -6.27. The summed E-state index contributed by atoms with van der Waals surface area (Å²) < 4.78 is 83.3. The molecule has 0 atom stereocenters. The maximum atomic E-state index is 12.3. The van der Waals surface area contributed by atoms with Gasteiger partial charge in [0, 0.05) is 6.42 Å². The summed E-state index contributed by atoms with van der Waals surface area (Å²) in [5, 5.41) is 0. The van der Waals surface area contributed by atoms with E-state index in [1.807, 2.05) is 0 Å². The Hall–Kier alpha value is -0.313. The van der Waals surface area contributed by atoms with Crippen LogP contribution in [0.15, 0.2) is 0 Å². The molecule has 1 nitrogen and oxygen atoms in total. The Morgan fingerprint density at radius 2 is 1.36 bits per heavy atom. The number of halogens is 7. The topological polar surface area (TPSA) is 20.2 Å². The standard InChI is InChI=1S/C5H7F7OSi/c6-3(7,1-2-14-13)4(8,9)5(10,11)12/h13H,1-2,14H2. The van der Waals surface area contributed by atoms with Crippen LogP contribution in [0, 0.1) is 0 Å². The van der Waals surface area contributed by atoms with Gasteiger partial charge < -0.3 is 4.80 Å². The highest BCUT2D eigenvalue weighted by molar-refractivity contribution is 6.25. The van der Waals surface area contributed by atoms with Gasteiger partial charge in [0.05, 0.1) is 0 Å². The lowest BCUT2D eigenvalue weighted by Gasteiger charge is -2.27. The van der Waals surface area contributed by atoms with Crippen LogP contribution in [-0.2, 0) is 0 Å². The second-order valence-corrected chi connectivity index (χ2v) is 3.76. The van der Waals surface area contributed by atoms with Crippen LogP contribution in [-0.4, -0.2) is 32.6 Å². The Kier molecular flexibility index (Phi) is 3.96. The monoisotopic (exact) mass is 244 g/mol. The fraction of sp³-hybridized carbons (Fsp3) is 1.00. The van der Waals surface area contributed by atoms with E-state index in [2.05, 4.69) is 0 Å². The first kappa shape index (κ1) is 13.7. The van der Waals surface area contributed by atoms with E-state index in [0.717, 1.165) is 0 Å². The smallest absolute Gasteiger partial charge is 0.438 e. The second kappa shape index (κ2) is 4.05. The zero-order chi connectivity index (χ0) is 11.6. The van der Waals surface area contributed by atoms with Gasteiger partial charge in [0.25, 0.3) is 0 Å². The fourth-order valence-electron chi connectivity index (χ4n) is 0.665. The molecule has 0 unspecified atom stereocenters. The number of hydrogen-bond donors (Lipinski definition) is 1. The number of hydrogen-bond acceptors (Lipinski definition) is 1. The molecule has 0 fully saturated rings. The lowest BCUT2D eigenvalue weighted by molar-refractivity contribution is -0.354. The van der Waals surface area contributed by atoms with E-state index in [0.29, 0.717) is 0 Å². The summed E-state index contributed by atoms with van der Waals surface area (Å²) >= 11 is 0. The van der Waals surface area contributed by atoms with Crippen molar-refractivity contribution in [1.29, 1.82) is 0 Å². The summed E-state index contributed by atoms with van der Waals surface area (Å²) in [5.74, 6) is -11.2. The molecule has 0 saturated heterocycles. The molecule has 0 rings (SSSR count). The molecule has 9 heteroatoms. The third-order valence-electron chi connectivity index (χ3n) is 1.46. The molecule has 0 spiro atoms. The summed E-state index contributed by atoms with van der Waals surface area (Å²) in [6.45, 7) is 0. The van der Waals surface area contributed by atoms with Crippen LogP contribution >= 0.6 is 0 Å². The summed E-state index contributed by atoms with van der Waals surface area (Å²) in [6, 6.07) is -0.682. The highest BCUT2D eigenvalue weighted by atomic mass is 28.2. The van der Waals surface area contributed by atoms with E-state index in [9.17, 15) is 30.7 Å². The van der Waals surface area contributed by atoms with Crippen molar-refractivity contribution in [2.45, 2.75) is 30.5 Å². The highest BCUT2D eigenvalue weighted by Gasteiger charge is 2.72. The lowest BCUT2D eigenvalue weighted by Crippen LogP contribution is -2.51. The van der Waals surface area contributed by atoms with Crippen LogP contribution in [0.4, 0.5) is 30.7 Å². The van der Waals surface area contributed by atoms with Gasteiger partial charge in [-0.1, -0.05) is 0 Å². The first-order chi connectivity index (χ1) is 6.06. The van der Waals surface area contributed by atoms with Gasteiger partial charge in [0.1, 0.15) is 0 Å². The summed E-state index contributed by atoms with van der Waals surface area (Å²) in [6.07, 6.45) is -7.92. The Labute approximate surface area is 76.8 Å². The van der Waals surface area contributed by atoms with Crippen molar-refractivity contribution >= 4 is 9.76 Å². The molecule has 0 aromatic heterocycles. The molecular weight excluding hydrogens is 237 g/mol. The third-order valence-corrected chi connectivity index (χ3v) is 2.13.